The first-order valence-electron chi connectivity index (χ1n) is 9.38. The quantitative estimate of drug-likeness (QED) is 0.213. The van der Waals surface area contributed by atoms with Crippen molar-refractivity contribution in [1.82, 2.24) is 20.9 Å². The smallest absolute Gasteiger partial charge is 0.254 e. The van der Waals surface area contributed by atoms with E-state index in [1.807, 2.05) is 26.0 Å². The number of guanidine groups is 1. The lowest BCUT2D eigenvalue weighted by Crippen LogP contribution is -2.49. The second kappa shape index (κ2) is 13.3. The Morgan fingerprint density at radius 3 is 2.64 bits per heavy atom. The summed E-state index contributed by atoms with van der Waals surface area (Å²) in [5.41, 5.74) is 1.59. The standard InChI is InChI=1S/C19H29N5O3.HI/c1-3-20-19(22-10-12-27-4-2)23-13-15-5-7-16(8-6-15)18(26)24-11-9-21-17(25)14-24;/h5-8H,3-4,9-14H2,1-2H3,(H,21,25)(H2,20,22,23);1H. The van der Waals surface area contributed by atoms with E-state index in [1.54, 1.807) is 17.0 Å². The third kappa shape index (κ3) is 8.01. The van der Waals surface area contributed by atoms with Gasteiger partial charge in [-0.05, 0) is 31.5 Å². The van der Waals surface area contributed by atoms with E-state index in [-0.39, 0.29) is 42.3 Å². The first-order valence-corrected chi connectivity index (χ1v) is 9.38. The first-order chi connectivity index (χ1) is 13.1. The van der Waals surface area contributed by atoms with Gasteiger partial charge < -0.3 is 25.6 Å². The fourth-order valence-electron chi connectivity index (χ4n) is 2.65. The van der Waals surface area contributed by atoms with Crippen LogP contribution in [0.5, 0.6) is 0 Å². The molecule has 0 unspecified atom stereocenters. The number of hydrogen-bond donors (Lipinski definition) is 3. The van der Waals surface area contributed by atoms with E-state index in [1.165, 1.54) is 0 Å². The van der Waals surface area contributed by atoms with Gasteiger partial charge >= 0.3 is 0 Å². The third-order valence-electron chi connectivity index (χ3n) is 4.03. The van der Waals surface area contributed by atoms with E-state index in [0.29, 0.717) is 45.0 Å². The molecule has 1 aromatic carbocycles. The molecule has 0 bridgehead atoms. The molecule has 156 valence electrons. The predicted molar refractivity (Wildman–Crippen MR) is 120 cm³/mol. The maximum atomic E-state index is 12.5. The Morgan fingerprint density at radius 1 is 1.25 bits per heavy atom. The van der Waals surface area contributed by atoms with E-state index in [2.05, 4.69) is 20.9 Å². The lowest BCUT2D eigenvalue weighted by Gasteiger charge is -2.26. The molecule has 1 heterocycles. The van der Waals surface area contributed by atoms with Gasteiger partial charge in [-0.3, -0.25) is 9.59 Å². The van der Waals surface area contributed by atoms with Crippen molar-refractivity contribution < 1.29 is 14.3 Å². The molecular weight excluding hydrogens is 473 g/mol. The summed E-state index contributed by atoms with van der Waals surface area (Å²) in [6.07, 6.45) is 0. The minimum absolute atomic E-state index is 0. The molecule has 0 aliphatic carbocycles. The minimum Gasteiger partial charge on any atom is -0.380 e. The number of amides is 2. The van der Waals surface area contributed by atoms with Crippen LogP contribution in [0.2, 0.25) is 0 Å². The van der Waals surface area contributed by atoms with E-state index < -0.39 is 0 Å². The summed E-state index contributed by atoms with van der Waals surface area (Å²) in [5, 5.41) is 9.13. The number of nitrogens with one attached hydrogen (secondary N) is 3. The number of aliphatic imine (C=N–C) groups is 1. The van der Waals surface area contributed by atoms with Crippen LogP contribution >= 0.6 is 24.0 Å². The fraction of sp³-hybridized carbons (Fsp3) is 0.526. The van der Waals surface area contributed by atoms with E-state index in [0.717, 1.165) is 18.1 Å². The highest BCUT2D eigenvalue weighted by Crippen LogP contribution is 2.09. The molecule has 1 aliphatic rings. The van der Waals surface area contributed by atoms with Gasteiger partial charge in [-0.2, -0.15) is 0 Å². The van der Waals surface area contributed by atoms with Crippen molar-refractivity contribution in [2.75, 3.05) is 45.9 Å². The zero-order chi connectivity index (χ0) is 19.5. The Bertz CT molecular complexity index is 651. The van der Waals surface area contributed by atoms with Gasteiger partial charge in [-0.1, -0.05) is 12.1 Å². The summed E-state index contributed by atoms with van der Waals surface area (Å²) in [6.45, 7) is 8.43. The number of ether oxygens (including phenoxy) is 1. The maximum Gasteiger partial charge on any atom is 0.254 e. The highest BCUT2D eigenvalue weighted by atomic mass is 127. The minimum atomic E-state index is -0.120. The lowest BCUT2D eigenvalue weighted by molar-refractivity contribution is -0.123. The molecule has 8 nitrogen and oxygen atoms in total. The average molecular weight is 503 g/mol. The van der Waals surface area contributed by atoms with Crippen LogP contribution < -0.4 is 16.0 Å². The summed E-state index contributed by atoms with van der Waals surface area (Å²) in [5.74, 6) is 0.496. The molecule has 1 saturated heterocycles. The fourth-order valence-corrected chi connectivity index (χ4v) is 2.65. The Kier molecular flexibility index (Phi) is 11.5. The van der Waals surface area contributed by atoms with Gasteiger partial charge in [0.2, 0.25) is 5.91 Å². The highest BCUT2D eigenvalue weighted by Gasteiger charge is 2.21. The van der Waals surface area contributed by atoms with Crippen LogP contribution in [0.1, 0.15) is 29.8 Å². The van der Waals surface area contributed by atoms with Gasteiger partial charge in [0.05, 0.1) is 19.7 Å². The van der Waals surface area contributed by atoms with Crippen LogP contribution in [0.15, 0.2) is 29.3 Å². The summed E-state index contributed by atoms with van der Waals surface area (Å²) in [6, 6.07) is 7.36. The van der Waals surface area contributed by atoms with Crippen molar-refractivity contribution in [3.8, 4) is 0 Å². The molecule has 2 amide bonds. The summed E-state index contributed by atoms with van der Waals surface area (Å²) in [7, 11) is 0. The number of carbonyl (C=O) groups is 2. The summed E-state index contributed by atoms with van der Waals surface area (Å²) >= 11 is 0. The van der Waals surface area contributed by atoms with Gasteiger partial charge in [0.25, 0.3) is 5.91 Å². The van der Waals surface area contributed by atoms with Crippen LogP contribution in [0.25, 0.3) is 0 Å². The molecule has 0 saturated carbocycles. The van der Waals surface area contributed by atoms with Gasteiger partial charge in [0.1, 0.15) is 0 Å². The van der Waals surface area contributed by atoms with Crippen LogP contribution in [-0.2, 0) is 16.1 Å². The SMILES string of the molecule is CCNC(=NCc1ccc(C(=O)N2CCNC(=O)C2)cc1)NCCOCC.I. The highest BCUT2D eigenvalue weighted by molar-refractivity contribution is 14.0. The second-order valence-corrected chi connectivity index (χ2v) is 6.09. The Hall–Kier alpha value is -1.88. The zero-order valence-corrected chi connectivity index (χ0v) is 18.8. The van der Waals surface area contributed by atoms with Crippen molar-refractivity contribution >= 4 is 41.8 Å². The third-order valence-corrected chi connectivity index (χ3v) is 4.03. The van der Waals surface area contributed by atoms with Crippen LogP contribution in [-0.4, -0.2) is 68.6 Å². The first kappa shape index (κ1) is 24.2. The van der Waals surface area contributed by atoms with Gasteiger partial charge in [-0.25, -0.2) is 4.99 Å². The number of benzene rings is 1. The molecule has 0 radical (unpaired) electrons. The van der Waals surface area contributed by atoms with Crippen LogP contribution in [0, 0.1) is 0 Å². The van der Waals surface area contributed by atoms with Gasteiger partial charge in [-0.15, -0.1) is 24.0 Å². The average Bonchev–Trinajstić information content (AvgIpc) is 2.69. The Morgan fingerprint density at radius 2 is 2.00 bits per heavy atom. The molecule has 0 atom stereocenters. The number of hydrogen-bond acceptors (Lipinski definition) is 4. The van der Waals surface area contributed by atoms with Gasteiger partial charge in [0.15, 0.2) is 5.96 Å². The van der Waals surface area contributed by atoms with Crippen molar-refractivity contribution in [3.63, 3.8) is 0 Å². The normalized spacial score (nSPS) is 14.1. The molecule has 0 spiro atoms. The predicted octanol–water partition coefficient (Wildman–Crippen LogP) is 0.968. The van der Waals surface area contributed by atoms with Crippen molar-refractivity contribution in [2.45, 2.75) is 20.4 Å². The van der Waals surface area contributed by atoms with E-state index in [4.69, 9.17) is 4.74 Å². The molecule has 9 heteroatoms. The van der Waals surface area contributed by atoms with Crippen LogP contribution in [0.3, 0.4) is 0 Å². The second-order valence-electron chi connectivity index (χ2n) is 6.09. The zero-order valence-electron chi connectivity index (χ0n) is 16.5. The molecule has 2 rings (SSSR count). The topological polar surface area (TPSA) is 95.1 Å². The molecule has 3 N–H and O–H groups in total. The number of carbonyl (C=O) groups excluding carboxylic acids is 2. The summed E-state index contributed by atoms with van der Waals surface area (Å²) in [4.78, 5) is 30.0. The van der Waals surface area contributed by atoms with Crippen molar-refractivity contribution in [3.05, 3.63) is 35.4 Å². The van der Waals surface area contributed by atoms with Gasteiger partial charge in [0, 0.05) is 38.3 Å². The number of piperazine rings is 1. The molecule has 1 aromatic rings. The number of nitrogens with zero attached hydrogens (tertiary/aromatic N) is 2. The molecule has 0 aromatic heterocycles. The van der Waals surface area contributed by atoms with Crippen molar-refractivity contribution in [2.24, 2.45) is 4.99 Å². The number of halogens is 1. The van der Waals surface area contributed by atoms with Crippen molar-refractivity contribution in [1.29, 1.82) is 0 Å². The largest absolute Gasteiger partial charge is 0.380 e. The summed E-state index contributed by atoms with van der Waals surface area (Å²) < 4.78 is 5.31. The Labute approximate surface area is 183 Å². The van der Waals surface area contributed by atoms with E-state index >= 15 is 0 Å². The number of rotatable bonds is 8. The Balaban J connectivity index is 0.00000392. The molecule has 1 aliphatic heterocycles. The maximum absolute atomic E-state index is 12.5. The molecule has 1 fully saturated rings. The monoisotopic (exact) mass is 503 g/mol. The lowest BCUT2D eigenvalue weighted by atomic mass is 10.1. The van der Waals surface area contributed by atoms with Crippen LogP contribution in [0.4, 0.5) is 0 Å². The molecular formula is C19H30IN5O3. The molecule has 28 heavy (non-hydrogen) atoms. The van der Waals surface area contributed by atoms with E-state index in [9.17, 15) is 9.59 Å².